The van der Waals surface area contributed by atoms with Gasteiger partial charge in [-0.3, -0.25) is 14.6 Å². The Labute approximate surface area is 210 Å². The third-order valence-electron chi connectivity index (χ3n) is 6.63. The molecule has 0 radical (unpaired) electrons. The lowest BCUT2D eigenvalue weighted by molar-refractivity contribution is 0.0968. The summed E-state index contributed by atoms with van der Waals surface area (Å²) >= 11 is 0. The van der Waals surface area contributed by atoms with Crippen LogP contribution in [0.3, 0.4) is 0 Å². The fraction of sp³-hybridized carbons (Fsp3) is 0.346. The Bertz CT molecular complexity index is 1260. The highest BCUT2D eigenvalue weighted by molar-refractivity contribution is 6.11. The molecule has 3 heterocycles. The molecule has 35 heavy (non-hydrogen) atoms. The van der Waals surface area contributed by atoms with Gasteiger partial charge in [0.1, 0.15) is 11.6 Å². The Morgan fingerprint density at radius 1 is 1.23 bits per heavy atom. The summed E-state index contributed by atoms with van der Waals surface area (Å²) in [5.74, 6) is -0.536. The molecule has 1 aromatic heterocycles. The zero-order chi connectivity index (χ0) is 23.8. The minimum Gasteiger partial charge on any atom is -0.333 e. The number of nitrogens with zero attached hydrogens (tertiary/aromatic N) is 3. The minimum atomic E-state index is -0.652. The van der Waals surface area contributed by atoms with E-state index in [1.54, 1.807) is 17.2 Å². The lowest BCUT2D eigenvalue weighted by atomic mass is 10.0. The zero-order valence-electron chi connectivity index (χ0n) is 19.8. The summed E-state index contributed by atoms with van der Waals surface area (Å²) in [4.78, 5) is 33.8. The molecular formula is C26H29ClFN5O2. The van der Waals surface area contributed by atoms with E-state index in [-0.39, 0.29) is 36.1 Å². The Morgan fingerprint density at radius 2 is 2.06 bits per heavy atom. The number of piperidine rings is 1. The second kappa shape index (κ2) is 10.2. The molecule has 2 fully saturated rings. The van der Waals surface area contributed by atoms with Gasteiger partial charge < -0.3 is 10.6 Å². The van der Waals surface area contributed by atoms with Gasteiger partial charge in [-0.1, -0.05) is 18.2 Å². The number of benzene rings is 2. The summed E-state index contributed by atoms with van der Waals surface area (Å²) in [7, 11) is 0. The van der Waals surface area contributed by atoms with E-state index in [0.717, 1.165) is 35.7 Å². The van der Waals surface area contributed by atoms with E-state index in [1.807, 2.05) is 38.1 Å². The van der Waals surface area contributed by atoms with Crippen LogP contribution in [0.2, 0.25) is 0 Å². The molecule has 2 N–H and O–H groups in total. The van der Waals surface area contributed by atoms with E-state index in [9.17, 15) is 9.59 Å². The smallest absolute Gasteiger partial charge is 0.322 e. The second-order valence-electron chi connectivity index (χ2n) is 9.11. The van der Waals surface area contributed by atoms with Crippen LogP contribution in [0.4, 0.5) is 20.7 Å². The number of amides is 3. The van der Waals surface area contributed by atoms with Crippen LogP contribution < -0.4 is 20.4 Å². The van der Waals surface area contributed by atoms with Crippen molar-refractivity contribution in [1.29, 1.82) is 0 Å². The Kier molecular flexibility index (Phi) is 7.23. The van der Waals surface area contributed by atoms with Gasteiger partial charge in [-0.05, 0) is 68.4 Å². The molecule has 0 bridgehead atoms. The highest BCUT2D eigenvalue weighted by Crippen LogP contribution is 2.32. The van der Waals surface area contributed by atoms with Crippen molar-refractivity contribution < 1.29 is 14.0 Å². The third kappa shape index (κ3) is 4.68. The first kappa shape index (κ1) is 24.9. The summed E-state index contributed by atoms with van der Waals surface area (Å²) in [5, 5.41) is 8.03. The molecule has 2 aliphatic heterocycles. The topological polar surface area (TPSA) is 77.6 Å². The van der Waals surface area contributed by atoms with E-state index >= 15 is 4.39 Å². The van der Waals surface area contributed by atoms with Crippen LogP contribution in [-0.2, 0) is 0 Å². The number of nitrogens with one attached hydrogen (secondary N) is 2. The minimum absolute atomic E-state index is 0. The number of hydrogen-bond donors (Lipinski definition) is 2. The number of carbonyl (C=O) groups is 2. The van der Waals surface area contributed by atoms with E-state index in [2.05, 4.69) is 15.6 Å². The van der Waals surface area contributed by atoms with Crippen molar-refractivity contribution in [3.63, 3.8) is 0 Å². The highest BCUT2D eigenvalue weighted by Gasteiger charge is 2.33. The number of hydrogen-bond acceptors (Lipinski definition) is 4. The number of carbonyl (C=O) groups excluding carboxylic acids is 2. The molecule has 0 saturated carbocycles. The molecule has 7 nitrogen and oxygen atoms in total. The molecule has 1 unspecified atom stereocenters. The molecule has 2 atom stereocenters. The molecule has 3 amide bonds. The summed E-state index contributed by atoms with van der Waals surface area (Å²) in [6.07, 6.45) is 3.41. The number of pyridine rings is 1. The van der Waals surface area contributed by atoms with E-state index in [4.69, 9.17) is 0 Å². The van der Waals surface area contributed by atoms with Gasteiger partial charge in [0, 0.05) is 36.4 Å². The molecule has 2 aromatic carbocycles. The molecule has 184 valence electrons. The van der Waals surface area contributed by atoms with Gasteiger partial charge in [-0.15, -0.1) is 12.4 Å². The van der Waals surface area contributed by atoms with E-state index in [0.29, 0.717) is 24.6 Å². The first-order valence-electron chi connectivity index (χ1n) is 11.7. The maximum absolute atomic E-state index is 15.4. The van der Waals surface area contributed by atoms with Gasteiger partial charge in [0.25, 0.3) is 5.91 Å². The number of aryl methyl sites for hydroxylation is 1. The standard InChI is InChI=1S/C26H28FN5O2.ClH/c1-16-5-3-6-18-10-12-29-24(23(16)18)32(20-7-4-11-28-14-20)25(33)21-9-8-19(13-22(21)27)31-15-17(2)30-26(31)34;/h3,5-6,8-10,12-13,17,20,28H,4,7,11,14-15H2,1-2H3,(H,30,34);1H/t17?,20-;/m1./s1. The fourth-order valence-electron chi connectivity index (χ4n) is 4.95. The highest BCUT2D eigenvalue weighted by atomic mass is 35.5. The molecular weight excluding hydrogens is 469 g/mol. The van der Waals surface area contributed by atoms with Crippen molar-refractivity contribution in [2.75, 3.05) is 29.4 Å². The van der Waals surface area contributed by atoms with Gasteiger partial charge in [0.15, 0.2) is 0 Å². The average molecular weight is 498 g/mol. The van der Waals surface area contributed by atoms with Crippen LogP contribution in [0.15, 0.2) is 48.7 Å². The van der Waals surface area contributed by atoms with Gasteiger partial charge in [0.2, 0.25) is 0 Å². The summed E-state index contributed by atoms with van der Waals surface area (Å²) in [6.45, 7) is 5.83. The van der Waals surface area contributed by atoms with Crippen LogP contribution in [0, 0.1) is 12.7 Å². The number of fused-ring (bicyclic) bond motifs is 1. The maximum Gasteiger partial charge on any atom is 0.322 e. The first-order chi connectivity index (χ1) is 16.4. The molecule has 9 heteroatoms. The van der Waals surface area contributed by atoms with E-state index in [1.165, 1.54) is 17.0 Å². The molecule has 0 spiro atoms. The lowest BCUT2D eigenvalue weighted by Gasteiger charge is -2.35. The number of aromatic nitrogens is 1. The number of rotatable bonds is 4. The van der Waals surface area contributed by atoms with E-state index < -0.39 is 11.7 Å². The third-order valence-corrected chi connectivity index (χ3v) is 6.63. The number of anilines is 2. The summed E-state index contributed by atoms with van der Waals surface area (Å²) in [6, 6.07) is 11.8. The molecule has 2 aliphatic rings. The Hall–Kier alpha value is -3.23. The summed E-state index contributed by atoms with van der Waals surface area (Å²) in [5.41, 5.74) is 1.41. The lowest BCUT2D eigenvalue weighted by Crippen LogP contribution is -2.49. The van der Waals surface area contributed by atoms with Gasteiger partial charge >= 0.3 is 6.03 Å². The monoisotopic (exact) mass is 497 g/mol. The van der Waals surface area contributed by atoms with Crippen molar-refractivity contribution in [3.8, 4) is 0 Å². The molecule has 5 rings (SSSR count). The quantitative estimate of drug-likeness (QED) is 0.559. The molecule has 0 aliphatic carbocycles. The Balaban J connectivity index is 0.00000289. The van der Waals surface area contributed by atoms with Crippen molar-refractivity contribution in [1.82, 2.24) is 15.6 Å². The van der Waals surface area contributed by atoms with Crippen LogP contribution in [0.1, 0.15) is 35.7 Å². The fourth-order valence-corrected chi connectivity index (χ4v) is 4.95. The predicted molar refractivity (Wildman–Crippen MR) is 138 cm³/mol. The second-order valence-corrected chi connectivity index (χ2v) is 9.11. The SMILES string of the molecule is Cc1cccc2ccnc(N(C(=O)c3ccc(N4CC(C)NC4=O)cc3F)[C@@H]3CCCNC3)c12.Cl. The number of urea groups is 1. The number of halogens is 2. The van der Waals surface area contributed by atoms with Crippen LogP contribution in [-0.4, -0.2) is 48.6 Å². The van der Waals surface area contributed by atoms with Gasteiger partial charge in [-0.25, -0.2) is 14.2 Å². The van der Waals surface area contributed by atoms with Crippen molar-refractivity contribution in [3.05, 3.63) is 65.6 Å². The summed E-state index contributed by atoms with van der Waals surface area (Å²) < 4.78 is 15.4. The van der Waals surface area contributed by atoms with Crippen LogP contribution in [0.25, 0.3) is 10.8 Å². The average Bonchev–Trinajstić information content (AvgIpc) is 3.18. The first-order valence-corrected chi connectivity index (χ1v) is 11.7. The maximum atomic E-state index is 15.4. The molecule has 3 aromatic rings. The zero-order valence-corrected chi connectivity index (χ0v) is 20.6. The largest absolute Gasteiger partial charge is 0.333 e. The molecule has 2 saturated heterocycles. The normalized spacial score (nSPS) is 19.9. The predicted octanol–water partition coefficient (Wildman–Crippen LogP) is 4.42. The van der Waals surface area contributed by atoms with Crippen molar-refractivity contribution in [2.24, 2.45) is 0 Å². The Morgan fingerprint density at radius 3 is 2.74 bits per heavy atom. The van der Waals surface area contributed by atoms with Crippen LogP contribution >= 0.6 is 12.4 Å². The van der Waals surface area contributed by atoms with Gasteiger partial charge in [-0.2, -0.15) is 0 Å². The van der Waals surface area contributed by atoms with Crippen LogP contribution in [0.5, 0.6) is 0 Å². The van der Waals surface area contributed by atoms with Crippen molar-refractivity contribution >= 4 is 46.6 Å². The van der Waals surface area contributed by atoms with Gasteiger partial charge in [0.05, 0.1) is 11.6 Å². The van der Waals surface area contributed by atoms with Crippen molar-refractivity contribution in [2.45, 2.75) is 38.8 Å².